The molecule has 1 aromatic heterocycles. The summed E-state index contributed by atoms with van der Waals surface area (Å²) in [6.45, 7) is 1.96. The molecule has 6 aromatic rings. The fraction of sp³-hybridized carbons (Fsp3) is 0.0286. The van der Waals surface area contributed by atoms with E-state index in [4.69, 9.17) is 9.97 Å². The average Bonchev–Trinajstić information content (AvgIpc) is 2.98. The molecule has 0 saturated heterocycles. The number of aryl methyl sites for hydroxylation is 1. The molecule has 0 atom stereocenters. The van der Waals surface area contributed by atoms with E-state index in [0.717, 1.165) is 28.3 Å². The molecule has 176 valence electrons. The summed E-state index contributed by atoms with van der Waals surface area (Å²) in [4.78, 5) is 9.64. The fourth-order valence-corrected chi connectivity index (χ4v) is 4.70. The van der Waals surface area contributed by atoms with Crippen LogP contribution in [-0.2, 0) is 0 Å². The number of hydrogen-bond donors (Lipinski definition) is 0. The first-order chi connectivity index (χ1) is 18.2. The number of nitrogens with zero attached hydrogens (tertiary/aromatic N) is 2. The van der Waals surface area contributed by atoms with Crippen molar-refractivity contribution in [3.8, 4) is 55.9 Å². The van der Waals surface area contributed by atoms with Crippen LogP contribution < -0.4 is 0 Å². The van der Waals surface area contributed by atoms with E-state index < -0.39 is 0 Å². The molecule has 0 bridgehead atoms. The average molecular weight is 475 g/mol. The van der Waals surface area contributed by atoms with Crippen LogP contribution in [0.2, 0.25) is 0 Å². The van der Waals surface area contributed by atoms with Gasteiger partial charge in [0.25, 0.3) is 0 Å². The van der Waals surface area contributed by atoms with Gasteiger partial charge in [0.15, 0.2) is 0 Å². The first-order valence-electron chi connectivity index (χ1n) is 12.5. The smallest absolute Gasteiger partial charge is 0.126 e. The van der Waals surface area contributed by atoms with Crippen LogP contribution >= 0.6 is 0 Å². The molecule has 0 unspecified atom stereocenters. The minimum atomic E-state index is 0.756. The highest BCUT2D eigenvalue weighted by molar-refractivity contribution is 5.81. The molecule has 0 amide bonds. The Morgan fingerprint density at radius 1 is 0.324 bits per heavy atom. The Balaban J connectivity index is 1.44. The van der Waals surface area contributed by atoms with Crippen LogP contribution in [0.5, 0.6) is 0 Å². The van der Waals surface area contributed by atoms with E-state index in [1.807, 2.05) is 13.0 Å². The third kappa shape index (κ3) is 4.96. The van der Waals surface area contributed by atoms with Crippen molar-refractivity contribution in [2.24, 2.45) is 0 Å². The molecular weight excluding hydrogens is 448 g/mol. The largest absolute Gasteiger partial charge is 0.233 e. The lowest BCUT2D eigenvalue weighted by Gasteiger charge is -2.12. The molecule has 0 spiro atoms. The van der Waals surface area contributed by atoms with E-state index in [9.17, 15) is 0 Å². The predicted octanol–water partition coefficient (Wildman–Crippen LogP) is 9.12. The van der Waals surface area contributed by atoms with E-state index in [1.54, 1.807) is 0 Å². The van der Waals surface area contributed by atoms with Crippen molar-refractivity contribution >= 4 is 0 Å². The van der Waals surface area contributed by atoms with Gasteiger partial charge in [-0.15, -0.1) is 0 Å². The molecule has 0 aliphatic heterocycles. The van der Waals surface area contributed by atoms with Gasteiger partial charge in [-0.2, -0.15) is 0 Å². The molecule has 2 nitrogen and oxygen atoms in total. The minimum Gasteiger partial charge on any atom is -0.233 e. The van der Waals surface area contributed by atoms with Gasteiger partial charge in [-0.05, 0) is 64.6 Å². The van der Waals surface area contributed by atoms with Crippen LogP contribution in [0, 0.1) is 6.92 Å². The fourth-order valence-electron chi connectivity index (χ4n) is 4.70. The molecule has 6 rings (SSSR count). The summed E-state index contributed by atoms with van der Waals surface area (Å²) in [5.41, 5.74) is 11.1. The van der Waals surface area contributed by atoms with Crippen LogP contribution in [0.3, 0.4) is 0 Å². The first-order valence-corrected chi connectivity index (χ1v) is 12.5. The van der Waals surface area contributed by atoms with E-state index >= 15 is 0 Å². The van der Waals surface area contributed by atoms with Crippen molar-refractivity contribution in [1.29, 1.82) is 0 Å². The zero-order valence-electron chi connectivity index (χ0n) is 20.7. The summed E-state index contributed by atoms with van der Waals surface area (Å²) in [5, 5.41) is 0. The van der Waals surface area contributed by atoms with Crippen LogP contribution in [0.1, 0.15) is 5.82 Å². The highest BCUT2D eigenvalue weighted by Crippen LogP contribution is 2.33. The summed E-state index contributed by atoms with van der Waals surface area (Å²) in [5.74, 6) is 0.756. The standard InChI is InChI=1S/C35H26N2/c1-25-36-34(30-19-17-29(18-20-30)26-11-5-2-6-12-26)24-35(37-25)33-22-31(27-13-7-3-8-14-27)21-32(23-33)28-15-9-4-10-16-28/h2-24H,1H3. The number of benzene rings is 5. The molecule has 2 heteroatoms. The van der Waals surface area contributed by atoms with Gasteiger partial charge in [-0.1, -0.05) is 115 Å². The van der Waals surface area contributed by atoms with Gasteiger partial charge in [-0.3, -0.25) is 0 Å². The predicted molar refractivity (Wildman–Crippen MR) is 154 cm³/mol. The van der Waals surface area contributed by atoms with Gasteiger partial charge in [0.1, 0.15) is 5.82 Å². The number of aromatic nitrogens is 2. The Hall–Kier alpha value is -4.82. The first kappa shape index (κ1) is 22.6. The number of rotatable bonds is 5. The Kier molecular flexibility index (Phi) is 6.14. The third-order valence-corrected chi connectivity index (χ3v) is 6.57. The van der Waals surface area contributed by atoms with Crippen molar-refractivity contribution in [2.45, 2.75) is 6.92 Å². The highest BCUT2D eigenvalue weighted by Gasteiger charge is 2.11. The van der Waals surface area contributed by atoms with Crippen molar-refractivity contribution < 1.29 is 0 Å². The quantitative estimate of drug-likeness (QED) is 0.249. The van der Waals surface area contributed by atoms with E-state index in [0.29, 0.717) is 0 Å². The summed E-state index contributed by atoms with van der Waals surface area (Å²) in [6, 6.07) is 48.9. The lowest BCUT2D eigenvalue weighted by atomic mass is 9.94. The van der Waals surface area contributed by atoms with Gasteiger partial charge in [0, 0.05) is 11.1 Å². The maximum atomic E-state index is 4.85. The lowest BCUT2D eigenvalue weighted by molar-refractivity contribution is 1.06. The van der Waals surface area contributed by atoms with Crippen LogP contribution in [0.15, 0.2) is 140 Å². The van der Waals surface area contributed by atoms with Crippen LogP contribution in [-0.4, -0.2) is 9.97 Å². The van der Waals surface area contributed by atoms with Gasteiger partial charge in [-0.25, -0.2) is 9.97 Å². The van der Waals surface area contributed by atoms with Crippen LogP contribution in [0.25, 0.3) is 55.9 Å². The molecule has 0 N–H and O–H groups in total. The van der Waals surface area contributed by atoms with Crippen molar-refractivity contribution in [3.63, 3.8) is 0 Å². The molecule has 37 heavy (non-hydrogen) atoms. The Morgan fingerprint density at radius 3 is 1.16 bits per heavy atom. The second-order valence-electron chi connectivity index (χ2n) is 9.16. The zero-order valence-corrected chi connectivity index (χ0v) is 20.7. The van der Waals surface area contributed by atoms with Gasteiger partial charge in [0.05, 0.1) is 11.4 Å². The van der Waals surface area contributed by atoms with Gasteiger partial charge >= 0.3 is 0 Å². The second-order valence-corrected chi connectivity index (χ2v) is 9.16. The van der Waals surface area contributed by atoms with E-state index in [2.05, 4.69) is 133 Å². The number of hydrogen-bond acceptors (Lipinski definition) is 2. The molecule has 1 heterocycles. The SMILES string of the molecule is Cc1nc(-c2ccc(-c3ccccc3)cc2)cc(-c2cc(-c3ccccc3)cc(-c3ccccc3)c2)n1. The summed E-state index contributed by atoms with van der Waals surface area (Å²) < 4.78 is 0. The maximum absolute atomic E-state index is 4.85. The Bertz CT molecular complexity index is 1580. The third-order valence-electron chi connectivity index (χ3n) is 6.57. The van der Waals surface area contributed by atoms with Crippen molar-refractivity contribution in [2.75, 3.05) is 0 Å². The minimum absolute atomic E-state index is 0.756. The van der Waals surface area contributed by atoms with Gasteiger partial charge < -0.3 is 0 Å². The molecule has 0 fully saturated rings. The lowest BCUT2D eigenvalue weighted by Crippen LogP contribution is -1.95. The molecule has 0 radical (unpaired) electrons. The Labute approximate surface area is 218 Å². The molecular formula is C35H26N2. The van der Waals surface area contributed by atoms with Crippen molar-refractivity contribution in [3.05, 3.63) is 145 Å². The zero-order chi connectivity index (χ0) is 25.0. The molecule has 0 aliphatic rings. The highest BCUT2D eigenvalue weighted by atomic mass is 14.9. The molecule has 5 aromatic carbocycles. The topological polar surface area (TPSA) is 25.8 Å². The maximum Gasteiger partial charge on any atom is 0.126 e. The van der Waals surface area contributed by atoms with E-state index in [1.165, 1.54) is 33.4 Å². The summed E-state index contributed by atoms with van der Waals surface area (Å²) in [6.07, 6.45) is 0. The van der Waals surface area contributed by atoms with Gasteiger partial charge in [0.2, 0.25) is 0 Å². The molecule has 0 saturated carbocycles. The monoisotopic (exact) mass is 474 g/mol. The van der Waals surface area contributed by atoms with E-state index in [-0.39, 0.29) is 0 Å². The normalized spacial score (nSPS) is 10.8. The second kappa shape index (κ2) is 10.0. The molecule has 0 aliphatic carbocycles. The summed E-state index contributed by atoms with van der Waals surface area (Å²) >= 11 is 0. The van der Waals surface area contributed by atoms with Crippen molar-refractivity contribution in [1.82, 2.24) is 9.97 Å². The van der Waals surface area contributed by atoms with Crippen LogP contribution in [0.4, 0.5) is 0 Å². The summed E-state index contributed by atoms with van der Waals surface area (Å²) in [7, 11) is 0. The Morgan fingerprint density at radius 2 is 0.676 bits per heavy atom.